The van der Waals surface area contributed by atoms with Crippen LogP contribution in [0.2, 0.25) is 5.02 Å². The van der Waals surface area contributed by atoms with E-state index in [0.717, 1.165) is 4.90 Å². The molecule has 2 aromatic rings. The lowest BCUT2D eigenvalue weighted by molar-refractivity contribution is -0.132. The highest BCUT2D eigenvalue weighted by Crippen LogP contribution is 2.38. The molecule has 7 nitrogen and oxygen atoms in total. The first-order valence-corrected chi connectivity index (χ1v) is 9.04. The molecule has 1 unspecified atom stereocenters. The molecule has 0 saturated heterocycles. The van der Waals surface area contributed by atoms with Crippen molar-refractivity contribution in [1.29, 1.82) is 0 Å². The lowest BCUT2D eigenvalue weighted by Crippen LogP contribution is -2.35. The number of nitrogens with zero attached hydrogens (tertiary/aromatic N) is 3. The van der Waals surface area contributed by atoms with E-state index in [1.54, 1.807) is 19.2 Å². The number of carbonyl (C=O) groups excluding carboxylic acids is 2. The van der Waals surface area contributed by atoms with Crippen LogP contribution in [0.25, 0.3) is 0 Å². The van der Waals surface area contributed by atoms with Crippen molar-refractivity contribution in [2.24, 2.45) is 0 Å². The summed E-state index contributed by atoms with van der Waals surface area (Å²) < 4.78 is 5.09. The predicted molar refractivity (Wildman–Crippen MR) is 94.5 cm³/mol. The van der Waals surface area contributed by atoms with Crippen LogP contribution in [-0.4, -0.2) is 39.2 Å². The van der Waals surface area contributed by atoms with Crippen LogP contribution in [0.4, 0.5) is 5.69 Å². The number of amides is 2. The number of hydrogen-bond donors (Lipinski definition) is 1. The minimum atomic E-state index is -0.488. The Morgan fingerprint density at radius 2 is 2.28 bits per heavy atom. The summed E-state index contributed by atoms with van der Waals surface area (Å²) in [6, 6.07) is 5.30. The van der Waals surface area contributed by atoms with E-state index in [2.05, 4.69) is 15.5 Å². The van der Waals surface area contributed by atoms with Crippen molar-refractivity contribution in [2.75, 3.05) is 12.4 Å². The Labute approximate surface area is 154 Å². The largest absolute Gasteiger partial charge is 0.337 e. The van der Waals surface area contributed by atoms with Crippen molar-refractivity contribution in [3.05, 3.63) is 34.9 Å². The van der Waals surface area contributed by atoms with Gasteiger partial charge in [0.2, 0.25) is 17.7 Å². The zero-order valence-corrected chi connectivity index (χ0v) is 15.4. The van der Waals surface area contributed by atoms with E-state index in [4.69, 9.17) is 16.1 Å². The third kappa shape index (κ3) is 4.13. The van der Waals surface area contributed by atoms with E-state index in [1.807, 2.05) is 13.0 Å². The molecule has 2 amide bonds. The highest BCUT2D eigenvalue weighted by Gasteiger charge is 2.30. The summed E-state index contributed by atoms with van der Waals surface area (Å²) in [6.07, 6.45) is 0.757. The SMILES string of the molecule is CCc1noc(CN(C)C(=O)CC2Sc3ccc(Cl)cc3NC2=O)n1. The summed E-state index contributed by atoms with van der Waals surface area (Å²) in [5.41, 5.74) is 0.678. The minimum absolute atomic E-state index is 0.0871. The van der Waals surface area contributed by atoms with E-state index in [0.29, 0.717) is 28.8 Å². The highest BCUT2D eigenvalue weighted by atomic mass is 35.5. The number of thioether (sulfide) groups is 1. The molecule has 0 fully saturated rings. The van der Waals surface area contributed by atoms with Gasteiger partial charge in [-0.05, 0) is 18.2 Å². The fourth-order valence-corrected chi connectivity index (χ4v) is 3.61. The van der Waals surface area contributed by atoms with Crippen molar-refractivity contribution in [1.82, 2.24) is 15.0 Å². The van der Waals surface area contributed by atoms with E-state index in [9.17, 15) is 9.59 Å². The molecule has 25 heavy (non-hydrogen) atoms. The van der Waals surface area contributed by atoms with Gasteiger partial charge in [-0.1, -0.05) is 23.7 Å². The number of nitrogens with one attached hydrogen (secondary N) is 1. The first kappa shape index (κ1) is 17.8. The van der Waals surface area contributed by atoms with Gasteiger partial charge in [-0.25, -0.2) is 0 Å². The quantitative estimate of drug-likeness (QED) is 0.858. The maximum absolute atomic E-state index is 12.4. The second-order valence-electron chi connectivity index (χ2n) is 5.65. The number of anilines is 1. The fraction of sp³-hybridized carbons (Fsp3) is 0.375. The van der Waals surface area contributed by atoms with Crippen LogP contribution in [0.1, 0.15) is 25.1 Å². The minimum Gasteiger partial charge on any atom is -0.337 e. The molecule has 3 rings (SSSR count). The van der Waals surface area contributed by atoms with Gasteiger partial charge in [0.25, 0.3) is 0 Å². The Hall–Kier alpha value is -2.06. The average molecular weight is 381 g/mol. The molecule has 1 aliphatic heterocycles. The zero-order valence-electron chi connectivity index (χ0n) is 13.8. The third-order valence-electron chi connectivity index (χ3n) is 3.75. The van der Waals surface area contributed by atoms with E-state index in [1.165, 1.54) is 16.7 Å². The Morgan fingerprint density at radius 3 is 3.00 bits per heavy atom. The molecule has 1 aliphatic rings. The number of hydrogen-bond acceptors (Lipinski definition) is 6. The highest BCUT2D eigenvalue weighted by molar-refractivity contribution is 8.01. The molecule has 0 bridgehead atoms. The number of rotatable bonds is 5. The molecule has 0 radical (unpaired) electrons. The van der Waals surface area contributed by atoms with E-state index < -0.39 is 5.25 Å². The molecular weight excluding hydrogens is 364 g/mol. The van der Waals surface area contributed by atoms with Gasteiger partial charge >= 0.3 is 0 Å². The van der Waals surface area contributed by atoms with Gasteiger partial charge in [0, 0.05) is 29.8 Å². The molecule has 2 heterocycles. The van der Waals surface area contributed by atoms with Gasteiger partial charge < -0.3 is 14.7 Å². The third-order valence-corrected chi connectivity index (χ3v) is 5.26. The first-order valence-electron chi connectivity index (χ1n) is 7.78. The molecule has 1 N–H and O–H groups in total. The number of fused-ring (bicyclic) bond motifs is 1. The van der Waals surface area contributed by atoms with Crippen LogP contribution in [0.5, 0.6) is 0 Å². The Morgan fingerprint density at radius 1 is 1.48 bits per heavy atom. The molecule has 9 heteroatoms. The molecule has 1 aromatic heterocycles. The van der Waals surface area contributed by atoms with E-state index in [-0.39, 0.29) is 24.8 Å². The summed E-state index contributed by atoms with van der Waals surface area (Å²) >= 11 is 7.30. The van der Waals surface area contributed by atoms with E-state index >= 15 is 0 Å². The van der Waals surface area contributed by atoms with Crippen LogP contribution < -0.4 is 5.32 Å². The second kappa shape index (κ2) is 7.45. The lowest BCUT2D eigenvalue weighted by atomic mass is 10.2. The normalized spacial score (nSPS) is 16.3. The number of aryl methyl sites for hydroxylation is 1. The number of benzene rings is 1. The summed E-state index contributed by atoms with van der Waals surface area (Å²) in [6.45, 7) is 2.14. The molecule has 0 aliphatic carbocycles. The van der Waals surface area contributed by atoms with Crippen LogP contribution in [-0.2, 0) is 22.6 Å². The Kier molecular flexibility index (Phi) is 5.29. The summed E-state index contributed by atoms with van der Waals surface area (Å²) in [7, 11) is 1.65. The van der Waals surface area contributed by atoms with Crippen molar-refractivity contribution < 1.29 is 14.1 Å². The van der Waals surface area contributed by atoms with Gasteiger partial charge in [0.05, 0.1) is 17.5 Å². The van der Waals surface area contributed by atoms with Crippen molar-refractivity contribution >= 4 is 40.9 Å². The second-order valence-corrected chi connectivity index (χ2v) is 7.33. The molecular formula is C16H17ClN4O3S. The van der Waals surface area contributed by atoms with Gasteiger partial charge in [0.1, 0.15) is 0 Å². The van der Waals surface area contributed by atoms with Gasteiger partial charge in [-0.3, -0.25) is 9.59 Å². The van der Waals surface area contributed by atoms with Crippen LogP contribution >= 0.6 is 23.4 Å². The molecule has 1 aromatic carbocycles. The molecule has 132 valence electrons. The molecule has 0 saturated carbocycles. The van der Waals surface area contributed by atoms with Crippen LogP contribution in [0.15, 0.2) is 27.6 Å². The zero-order chi connectivity index (χ0) is 18.0. The summed E-state index contributed by atoms with van der Waals surface area (Å²) in [5.74, 6) is 0.621. The predicted octanol–water partition coefficient (Wildman–Crippen LogP) is 2.75. The molecule has 1 atom stereocenters. The topological polar surface area (TPSA) is 88.3 Å². The van der Waals surface area contributed by atoms with Crippen molar-refractivity contribution in [3.63, 3.8) is 0 Å². The van der Waals surface area contributed by atoms with Crippen molar-refractivity contribution in [3.8, 4) is 0 Å². The van der Waals surface area contributed by atoms with Crippen molar-refractivity contribution in [2.45, 2.75) is 36.5 Å². The van der Waals surface area contributed by atoms with Crippen LogP contribution in [0, 0.1) is 0 Å². The van der Waals surface area contributed by atoms with Gasteiger partial charge in [0.15, 0.2) is 5.82 Å². The Bertz CT molecular complexity index is 810. The summed E-state index contributed by atoms with van der Waals surface area (Å²) in [4.78, 5) is 31.2. The summed E-state index contributed by atoms with van der Waals surface area (Å²) in [5, 5.41) is 6.67. The number of halogens is 1. The fourth-order valence-electron chi connectivity index (χ4n) is 2.36. The monoisotopic (exact) mass is 380 g/mol. The maximum Gasteiger partial charge on any atom is 0.246 e. The Balaban J connectivity index is 1.62. The average Bonchev–Trinajstić information content (AvgIpc) is 3.03. The molecule has 0 spiro atoms. The standard InChI is InChI=1S/C16H17ClN4O3S/c1-3-13-19-14(24-20-13)8-21(2)15(22)7-12-16(23)18-10-6-9(17)4-5-11(10)25-12/h4-6,12H,3,7-8H2,1-2H3,(H,18,23). The number of aromatic nitrogens is 2. The first-order chi connectivity index (χ1) is 12.0. The smallest absolute Gasteiger partial charge is 0.246 e. The lowest BCUT2D eigenvalue weighted by Gasteiger charge is -2.25. The van der Waals surface area contributed by atoms with Gasteiger partial charge in [-0.15, -0.1) is 11.8 Å². The maximum atomic E-state index is 12.4. The number of carbonyl (C=O) groups is 2. The van der Waals surface area contributed by atoms with Crippen LogP contribution in [0.3, 0.4) is 0 Å². The van der Waals surface area contributed by atoms with Gasteiger partial charge in [-0.2, -0.15) is 4.98 Å².